The fourth-order valence-corrected chi connectivity index (χ4v) is 5.15. The molecule has 5 rings (SSSR count). The third-order valence-corrected chi connectivity index (χ3v) is 7.36. The van der Waals surface area contributed by atoms with Crippen LogP contribution in [-0.4, -0.2) is 24.4 Å². The third-order valence-electron chi connectivity index (χ3n) is 7.36. The Bertz CT molecular complexity index is 706. The summed E-state index contributed by atoms with van der Waals surface area (Å²) in [5.74, 6) is 1.90. The molecule has 0 heterocycles. The first-order valence-corrected chi connectivity index (χ1v) is 10.3. The number of carbonyl (C=O) groups is 2. The maximum absolute atomic E-state index is 12.4. The van der Waals surface area contributed by atoms with Crippen molar-refractivity contribution in [2.75, 3.05) is 6.54 Å². The topological polar surface area (TPSA) is 58.2 Å². The number of carbonyl (C=O) groups excluding carboxylic acids is 2. The minimum Gasteiger partial charge on any atom is -0.356 e. The molecule has 1 unspecified atom stereocenters. The fourth-order valence-electron chi connectivity index (χ4n) is 5.15. The van der Waals surface area contributed by atoms with Crippen LogP contribution in [0.5, 0.6) is 0 Å². The van der Waals surface area contributed by atoms with Crippen molar-refractivity contribution < 1.29 is 9.59 Å². The monoisotopic (exact) mass is 352 g/mol. The van der Waals surface area contributed by atoms with E-state index in [0.717, 1.165) is 32.2 Å². The Balaban J connectivity index is 0.997. The van der Waals surface area contributed by atoms with E-state index < -0.39 is 0 Å². The van der Waals surface area contributed by atoms with E-state index >= 15 is 0 Å². The summed E-state index contributed by atoms with van der Waals surface area (Å²) in [4.78, 5) is 24.6. The molecule has 4 nitrogen and oxygen atoms in total. The highest BCUT2D eigenvalue weighted by Crippen LogP contribution is 2.65. The van der Waals surface area contributed by atoms with Crippen LogP contribution in [-0.2, 0) is 9.59 Å². The summed E-state index contributed by atoms with van der Waals surface area (Å²) in [6.07, 6.45) is 7.92. The van der Waals surface area contributed by atoms with Crippen LogP contribution in [0.15, 0.2) is 30.3 Å². The van der Waals surface area contributed by atoms with Crippen LogP contribution in [0.4, 0.5) is 0 Å². The van der Waals surface area contributed by atoms with Crippen LogP contribution in [0.2, 0.25) is 0 Å². The van der Waals surface area contributed by atoms with E-state index in [9.17, 15) is 9.59 Å². The van der Waals surface area contributed by atoms with Gasteiger partial charge in [0.05, 0.1) is 0 Å². The first-order chi connectivity index (χ1) is 12.6. The van der Waals surface area contributed by atoms with Gasteiger partial charge in [0.15, 0.2) is 0 Å². The zero-order valence-electron chi connectivity index (χ0n) is 15.2. The summed E-state index contributed by atoms with van der Waals surface area (Å²) in [6, 6.07) is 10.6. The molecule has 0 bridgehead atoms. The number of hydrogen-bond acceptors (Lipinski definition) is 2. The molecule has 4 saturated carbocycles. The van der Waals surface area contributed by atoms with E-state index in [-0.39, 0.29) is 17.7 Å². The Kier molecular flexibility index (Phi) is 3.84. The Morgan fingerprint density at radius 2 is 1.81 bits per heavy atom. The van der Waals surface area contributed by atoms with Crippen molar-refractivity contribution >= 4 is 11.8 Å². The quantitative estimate of drug-likeness (QED) is 0.827. The third kappa shape index (κ3) is 2.93. The summed E-state index contributed by atoms with van der Waals surface area (Å²) >= 11 is 0. The minimum absolute atomic E-state index is 0.157. The lowest BCUT2D eigenvalue weighted by Gasteiger charge is -2.36. The number of benzene rings is 1. The van der Waals surface area contributed by atoms with E-state index in [2.05, 4.69) is 22.8 Å². The van der Waals surface area contributed by atoms with Crippen LogP contribution in [0, 0.1) is 23.2 Å². The Hall–Kier alpha value is -1.84. The zero-order valence-corrected chi connectivity index (χ0v) is 15.2. The molecule has 138 valence electrons. The molecule has 2 N–H and O–H groups in total. The van der Waals surface area contributed by atoms with Crippen molar-refractivity contribution in [2.45, 2.75) is 56.9 Å². The van der Waals surface area contributed by atoms with E-state index in [1.54, 1.807) is 0 Å². The number of rotatable bonds is 6. The molecule has 1 aromatic rings. The van der Waals surface area contributed by atoms with Crippen molar-refractivity contribution in [3.8, 4) is 0 Å². The van der Waals surface area contributed by atoms with Gasteiger partial charge in [-0.3, -0.25) is 9.59 Å². The van der Waals surface area contributed by atoms with Gasteiger partial charge in [-0.25, -0.2) is 0 Å². The lowest BCUT2D eigenvalue weighted by Crippen LogP contribution is -2.48. The van der Waals surface area contributed by atoms with Gasteiger partial charge in [-0.2, -0.15) is 0 Å². The SMILES string of the molecule is O=C(NCC1CC(NC(=O)[C@H]2C[C@@H]2c2ccccc2)C1)C1CC12CCC2. The van der Waals surface area contributed by atoms with Gasteiger partial charge in [0, 0.05) is 24.4 Å². The zero-order chi connectivity index (χ0) is 17.7. The molecule has 0 aliphatic heterocycles. The molecule has 2 amide bonds. The van der Waals surface area contributed by atoms with Gasteiger partial charge < -0.3 is 10.6 Å². The van der Waals surface area contributed by atoms with E-state index in [1.807, 2.05) is 18.2 Å². The molecule has 0 saturated heterocycles. The van der Waals surface area contributed by atoms with Gasteiger partial charge in [-0.15, -0.1) is 0 Å². The number of nitrogens with one attached hydrogen (secondary N) is 2. The summed E-state index contributed by atoms with van der Waals surface area (Å²) in [5, 5.41) is 6.37. The van der Waals surface area contributed by atoms with Crippen molar-refractivity contribution in [1.29, 1.82) is 0 Å². The fraction of sp³-hybridized carbons (Fsp3) is 0.636. The number of amides is 2. The minimum atomic E-state index is 0.157. The lowest BCUT2D eigenvalue weighted by molar-refractivity contribution is -0.125. The summed E-state index contributed by atoms with van der Waals surface area (Å²) in [7, 11) is 0. The van der Waals surface area contributed by atoms with E-state index in [0.29, 0.717) is 29.2 Å². The van der Waals surface area contributed by atoms with Gasteiger partial charge in [-0.1, -0.05) is 36.8 Å². The van der Waals surface area contributed by atoms with Crippen molar-refractivity contribution in [3.05, 3.63) is 35.9 Å². The molecule has 26 heavy (non-hydrogen) atoms. The first-order valence-electron chi connectivity index (χ1n) is 10.3. The van der Waals surface area contributed by atoms with Gasteiger partial charge in [0.2, 0.25) is 11.8 Å². The van der Waals surface area contributed by atoms with Crippen molar-refractivity contribution in [1.82, 2.24) is 10.6 Å². The van der Waals surface area contributed by atoms with Gasteiger partial charge in [-0.05, 0) is 61.3 Å². The smallest absolute Gasteiger partial charge is 0.223 e. The molecular formula is C22H28N2O2. The van der Waals surface area contributed by atoms with Gasteiger partial charge >= 0.3 is 0 Å². The predicted octanol–water partition coefficient (Wildman–Crippen LogP) is 2.99. The van der Waals surface area contributed by atoms with E-state index in [1.165, 1.54) is 24.8 Å². The Morgan fingerprint density at radius 1 is 1.04 bits per heavy atom. The first kappa shape index (κ1) is 16.3. The van der Waals surface area contributed by atoms with Gasteiger partial charge in [0.25, 0.3) is 0 Å². The number of hydrogen-bond donors (Lipinski definition) is 2. The lowest BCUT2D eigenvalue weighted by atomic mass is 9.79. The average Bonchev–Trinajstić information content (AvgIpc) is 3.48. The molecule has 4 fully saturated rings. The van der Waals surface area contributed by atoms with Crippen molar-refractivity contribution in [2.24, 2.45) is 23.2 Å². The maximum atomic E-state index is 12.4. The molecule has 3 atom stereocenters. The van der Waals surface area contributed by atoms with Crippen LogP contribution < -0.4 is 10.6 Å². The van der Waals surface area contributed by atoms with Crippen LogP contribution in [0.25, 0.3) is 0 Å². The Morgan fingerprint density at radius 3 is 2.46 bits per heavy atom. The predicted molar refractivity (Wildman–Crippen MR) is 99.3 cm³/mol. The standard InChI is InChI=1S/C22H28N2O2/c25-20(18-11-17(18)15-5-2-1-3-6-15)24-16-9-14(10-16)13-23-21(26)19-12-22(19)7-4-8-22/h1-3,5-6,14,16-19H,4,7-13H2,(H,23,26)(H,24,25)/t14?,16?,17-,18+,19?/m1/s1. The molecule has 0 radical (unpaired) electrons. The maximum Gasteiger partial charge on any atom is 0.223 e. The van der Waals surface area contributed by atoms with Crippen LogP contribution >= 0.6 is 0 Å². The molecule has 4 aliphatic carbocycles. The molecule has 1 aromatic carbocycles. The average molecular weight is 352 g/mol. The van der Waals surface area contributed by atoms with Crippen LogP contribution in [0.1, 0.15) is 56.4 Å². The molecule has 1 spiro atoms. The van der Waals surface area contributed by atoms with Gasteiger partial charge in [0.1, 0.15) is 0 Å². The second-order valence-corrected chi connectivity index (χ2v) is 9.12. The molecule has 4 heteroatoms. The van der Waals surface area contributed by atoms with Crippen molar-refractivity contribution in [3.63, 3.8) is 0 Å². The summed E-state index contributed by atoms with van der Waals surface area (Å²) in [6.45, 7) is 0.786. The second kappa shape index (κ2) is 6.11. The largest absolute Gasteiger partial charge is 0.356 e. The Labute approximate surface area is 155 Å². The molecular weight excluding hydrogens is 324 g/mol. The summed E-state index contributed by atoms with van der Waals surface area (Å²) in [5.41, 5.74) is 1.70. The molecule has 0 aromatic heterocycles. The highest BCUT2D eigenvalue weighted by molar-refractivity contribution is 5.83. The summed E-state index contributed by atoms with van der Waals surface area (Å²) < 4.78 is 0. The molecule has 4 aliphatic rings. The normalized spacial score (nSPS) is 35.8. The van der Waals surface area contributed by atoms with Crippen LogP contribution in [0.3, 0.4) is 0 Å². The highest BCUT2D eigenvalue weighted by atomic mass is 16.2. The van der Waals surface area contributed by atoms with E-state index in [4.69, 9.17) is 0 Å². The second-order valence-electron chi connectivity index (χ2n) is 9.12. The highest BCUT2D eigenvalue weighted by Gasteiger charge is 2.60.